The average molecular weight is 184 g/mol. The van der Waals surface area contributed by atoms with E-state index in [-0.39, 0.29) is 12.2 Å². The molecule has 1 fully saturated rings. The number of ether oxygens (including phenoxy) is 1. The van der Waals surface area contributed by atoms with Gasteiger partial charge in [0, 0.05) is 5.38 Å². The molecule has 4 nitrogen and oxygen atoms in total. The van der Waals surface area contributed by atoms with Gasteiger partial charge in [-0.2, -0.15) is 0 Å². The molecule has 1 aromatic heterocycles. The molecule has 2 heterocycles. The summed E-state index contributed by atoms with van der Waals surface area (Å²) in [7, 11) is 0. The molecule has 1 atom stereocenters. The van der Waals surface area contributed by atoms with Gasteiger partial charge in [0.05, 0.1) is 17.2 Å². The molecule has 1 aliphatic heterocycles. The van der Waals surface area contributed by atoms with Crippen molar-refractivity contribution in [2.24, 2.45) is 0 Å². The van der Waals surface area contributed by atoms with Crippen molar-refractivity contribution in [2.75, 3.05) is 6.54 Å². The van der Waals surface area contributed by atoms with Crippen LogP contribution in [0.4, 0.5) is 4.79 Å². The van der Waals surface area contributed by atoms with Gasteiger partial charge in [-0.05, 0) is 6.92 Å². The number of cyclic esters (lactones) is 1. The predicted molar refractivity (Wildman–Crippen MR) is 44.1 cm³/mol. The van der Waals surface area contributed by atoms with Crippen LogP contribution in [-0.2, 0) is 4.74 Å². The van der Waals surface area contributed by atoms with Crippen LogP contribution in [0.2, 0.25) is 0 Å². The zero-order valence-electron chi connectivity index (χ0n) is 6.53. The van der Waals surface area contributed by atoms with E-state index in [1.54, 1.807) is 11.3 Å². The molecule has 1 aromatic rings. The summed E-state index contributed by atoms with van der Waals surface area (Å²) in [6, 6.07) is 0. The number of aromatic nitrogens is 1. The third kappa shape index (κ3) is 1.27. The van der Waals surface area contributed by atoms with Crippen molar-refractivity contribution < 1.29 is 9.53 Å². The van der Waals surface area contributed by atoms with Gasteiger partial charge in [0.25, 0.3) is 0 Å². The van der Waals surface area contributed by atoms with Crippen LogP contribution in [0.25, 0.3) is 0 Å². The first-order chi connectivity index (χ1) is 5.75. The lowest BCUT2D eigenvalue weighted by atomic mass is 10.3. The molecule has 0 saturated carbocycles. The second-order valence-corrected chi connectivity index (χ2v) is 3.63. The van der Waals surface area contributed by atoms with Crippen molar-refractivity contribution in [1.29, 1.82) is 0 Å². The van der Waals surface area contributed by atoms with Crippen molar-refractivity contribution >= 4 is 17.4 Å². The van der Waals surface area contributed by atoms with E-state index in [1.807, 2.05) is 12.3 Å². The third-order valence-electron chi connectivity index (χ3n) is 1.65. The number of hydrogen-bond donors (Lipinski definition) is 1. The number of aryl methyl sites for hydroxylation is 1. The Morgan fingerprint density at radius 2 is 2.67 bits per heavy atom. The molecule has 5 heteroatoms. The first kappa shape index (κ1) is 7.54. The highest BCUT2D eigenvalue weighted by molar-refractivity contribution is 7.09. The fourth-order valence-corrected chi connectivity index (χ4v) is 1.74. The smallest absolute Gasteiger partial charge is 0.408 e. The Hall–Kier alpha value is -1.10. The average Bonchev–Trinajstić information content (AvgIpc) is 2.58. The lowest BCUT2D eigenvalue weighted by molar-refractivity contribution is 0.139. The van der Waals surface area contributed by atoms with Crippen molar-refractivity contribution in [3.05, 3.63) is 16.1 Å². The third-order valence-corrected chi connectivity index (χ3v) is 2.44. The number of nitrogens with zero attached hydrogens (tertiary/aromatic N) is 1. The zero-order chi connectivity index (χ0) is 8.55. The van der Waals surface area contributed by atoms with E-state index in [9.17, 15) is 4.79 Å². The number of alkyl carbamates (subject to hydrolysis) is 1. The van der Waals surface area contributed by atoms with Crippen molar-refractivity contribution in [3.8, 4) is 0 Å². The molecule has 0 radical (unpaired) electrons. The number of thiazole rings is 1. The normalized spacial score (nSPS) is 22.1. The Morgan fingerprint density at radius 1 is 1.83 bits per heavy atom. The molecule has 0 aliphatic carbocycles. The Morgan fingerprint density at radius 3 is 3.17 bits per heavy atom. The monoisotopic (exact) mass is 184 g/mol. The summed E-state index contributed by atoms with van der Waals surface area (Å²) in [6.45, 7) is 2.46. The van der Waals surface area contributed by atoms with Crippen molar-refractivity contribution in [2.45, 2.75) is 13.0 Å². The van der Waals surface area contributed by atoms with E-state index in [0.29, 0.717) is 6.54 Å². The minimum absolute atomic E-state index is 0.192. The molecule has 1 saturated heterocycles. The van der Waals surface area contributed by atoms with Crippen LogP contribution >= 0.6 is 11.3 Å². The van der Waals surface area contributed by atoms with Crippen LogP contribution in [-0.4, -0.2) is 17.6 Å². The first-order valence-corrected chi connectivity index (χ1v) is 4.50. The number of carbonyl (C=O) groups excluding carboxylic acids is 1. The molecule has 2 rings (SSSR count). The van der Waals surface area contributed by atoms with E-state index in [2.05, 4.69) is 10.3 Å². The van der Waals surface area contributed by atoms with Crippen LogP contribution in [0.15, 0.2) is 5.38 Å². The van der Waals surface area contributed by atoms with E-state index >= 15 is 0 Å². The molecular formula is C7H8N2O2S. The summed E-state index contributed by atoms with van der Waals surface area (Å²) in [6.07, 6.45) is -0.548. The summed E-state index contributed by atoms with van der Waals surface area (Å²) in [5.74, 6) is 0. The lowest BCUT2D eigenvalue weighted by Crippen LogP contribution is -2.12. The van der Waals surface area contributed by atoms with Gasteiger partial charge in [-0.1, -0.05) is 0 Å². The standard InChI is InChI=1S/C7H8N2O2S/c1-4-9-5(3-12-4)6-2-8-7(10)11-6/h3,6H,2H2,1H3,(H,8,10). The fourth-order valence-electron chi connectivity index (χ4n) is 1.08. The summed E-state index contributed by atoms with van der Waals surface area (Å²) in [5, 5.41) is 5.49. The minimum Gasteiger partial charge on any atom is -0.438 e. The van der Waals surface area contributed by atoms with Gasteiger partial charge in [0.1, 0.15) is 0 Å². The summed E-state index contributed by atoms with van der Waals surface area (Å²) in [5.41, 5.74) is 0.843. The van der Waals surface area contributed by atoms with Gasteiger partial charge in [-0.25, -0.2) is 9.78 Å². The summed E-state index contributed by atoms with van der Waals surface area (Å²) >= 11 is 1.56. The van der Waals surface area contributed by atoms with Crippen molar-refractivity contribution in [3.63, 3.8) is 0 Å². The maximum Gasteiger partial charge on any atom is 0.408 e. The molecule has 1 amide bonds. The van der Waals surface area contributed by atoms with E-state index in [4.69, 9.17) is 4.74 Å². The second-order valence-electron chi connectivity index (χ2n) is 2.57. The number of amides is 1. The van der Waals surface area contributed by atoms with Gasteiger partial charge in [-0.15, -0.1) is 11.3 Å². The summed E-state index contributed by atoms with van der Waals surface area (Å²) < 4.78 is 4.95. The fraction of sp³-hybridized carbons (Fsp3) is 0.429. The molecule has 64 valence electrons. The van der Waals surface area contributed by atoms with E-state index < -0.39 is 0 Å². The van der Waals surface area contributed by atoms with E-state index in [0.717, 1.165) is 10.7 Å². The SMILES string of the molecule is Cc1nc(C2CNC(=O)O2)cs1. The van der Waals surface area contributed by atoms with Gasteiger partial charge in [-0.3, -0.25) is 0 Å². The number of carbonyl (C=O) groups is 1. The highest BCUT2D eigenvalue weighted by atomic mass is 32.1. The molecule has 12 heavy (non-hydrogen) atoms. The van der Waals surface area contributed by atoms with Crippen molar-refractivity contribution in [1.82, 2.24) is 10.3 Å². The molecule has 1 unspecified atom stereocenters. The van der Waals surface area contributed by atoms with Gasteiger partial charge < -0.3 is 10.1 Å². The van der Waals surface area contributed by atoms with Crippen LogP contribution in [0, 0.1) is 6.92 Å². The highest BCUT2D eigenvalue weighted by Crippen LogP contribution is 2.21. The molecule has 1 aliphatic rings. The van der Waals surface area contributed by atoms with Crippen LogP contribution in [0.5, 0.6) is 0 Å². The minimum atomic E-state index is -0.356. The largest absolute Gasteiger partial charge is 0.438 e. The Kier molecular flexibility index (Phi) is 1.73. The quantitative estimate of drug-likeness (QED) is 0.714. The molecule has 0 spiro atoms. The second kappa shape index (κ2) is 2.75. The number of nitrogens with one attached hydrogen (secondary N) is 1. The predicted octanol–water partition coefficient (Wildman–Crippen LogP) is 1.23. The van der Waals surface area contributed by atoms with Crippen LogP contribution in [0.3, 0.4) is 0 Å². The van der Waals surface area contributed by atoms with Gasteiger partial charge >= 0.3 is 6.09 Å². The first-order valence-electron chi connectivity index (χ1n) is 3.62. The number of hydrogen-bond acceptors (Lipinski definition) is 4. The zero-order valence-corrected chi connectivity index (χ0v) is 7.35. The van der Waals surface area contributed by atoms with Crippen LogP contribution < -0.4 is 5.32 Å². The Bertz CT molecular complexity index is 310. The molecule has 0 aromatic carbocycles. The molecule has 1 N–H and O–H groups in total. The number of rotatable bonds is 1. The van der Waals surface area contributed by atoms with Crippen LogP contribution in [0.1, 0.15) is 16.8 Å². The maximum absolute atomic E-state index is 10.7. The Balaban J connectivity index is 2.15. The van der Waals surface area contributed by atoms with E-state index in [1.165, 1.54) is 0 Å². The summed E-state index contributed by atoms with van der Waals surface area (Å²) in [4.78, 5) is 14.9. The topological polar surface area (TPSA) is 51.2 Å². The molecule has 0 bridgehead atoms. The van der Waals surface area contributed by atoms with Gasteiger partial charge in [0.2, 0.25) is 0 Å². The van der Waals surface area contributed by atoms with Gasteiger partial charge in [0.15, 0.2) is 6.10 Å². The lowest BCUT2D eigenvalue weighted by Gasteiger charge is -2.01. The molecular weight excluding hydrogens is 176 g/mol. The maximum atomic E-state index is 10.7. The Labute approximate surface area is 73.6 Å². The highest BCUT2D eigenvalue weighted by Gasteiger charge is 2.25.